The predicted octanol–water partition coefficient (Wildman–Crippen LogP) is 5.94. The fourth-order valence-corrected chi connectivity index (χ4v) is 4.08. The van der Waals surface area contributed by atoms with E-state index in [1.54, 1.807) is 30.5 Å². The predicted molar refractivity (Wildman–Crippen MR) is 117 cm³/mol. The maximum Gasteiger partial charge on any atom is 0.313 e. The first-order valence-corrected chi connectivity index (χ1v) is 10.4. The third kappa shape index (κ3) is 3.69. The number of benzene rings is 1. The Kier molecular flexibility index (Phi) is 5.67. The van der Waals surface area contributed by atoms with Crippen molar-refractivity contribution >= 4 is 23.2 Å². The molecule has 1 unspecified atom stereocenters. The number of carboxylic acid groups (broad SMARTS) is 1. The molecule has 1 atom stereocenters. The molecule has 0 aliphatic heterocycles. The molecule has 30 heavy (non-hydrogen) atoms. The first-order valence-electron chi connectivity index (χ1n) is 10.00. The van der Waals surface area contributed by atoms with E-state index in [1.165, 1.54) is 6.07 Å². The van der Waals surface area contributed by atoms with E-state index < -0.39 is 17.2 Å². The number of rotatable bonds is 5. The molecule has 7 heteroatoms. The van der Waals surface area contributed by atoms with Crippen LogP contribution in [0.15, 0.2) is 24.3 Å². The average molecular weight is 432 g/mol. The van der Waals surface area contributed by atoms with Crippen molar-refractivity contribution in [1.29, 1.82) is 0 Å². The topological polar surface area (TPSA) is 67.5 Å². The van der Waals surface area contributed by atoms with Gasteiger partial charge in [-0.1, -0.05) is 45.7 Å². The lowest BCUT2D eigenvalue weighted by atomic mass is 9.76. The van der Waals surface area contributed by atoms with Crippen LogP contribution >= 0.6 is 11.6 Å². The number of hydrogen-bond acceptors (Lipinski definition) is 3. The zero-order valence-electron chi connectivity index (χ0n) is 18.2. The van der Waals surface area contributed by atoms with Crippen molar-refractivity contribution in [3.05, 3.63) is 52.1 Å². The summed E-state index contributed by atoms with van der Waals surface area (Å²) in [5.74, 6) is -1.51. The van der Waals surface area contributed by atoms with Gasteiger partial charge in [-0.3, -0.25) is 4.79 Å². The summed E-state index contributed by atoms with van der Waals surface area (Å²) in [5.41, 5.74) is 1.49. The lowest BCUT2D eigenvalue weighted by Gasteiger charge is -2.29. The second kappa shape index (κ2) is 7.65. The van der Waals surface area contributed by atoms with Crippen molar-refractivity contribution in [2.45, 2.75) is 65.2 Å². The Hall–Kier alpha value is -2.47. The van der Waals surface area contributed by atoms with Crippen molar-refractivity contribution in [2.75, 3.05) is 0 Å². The Balaban J connectivity index is 2.52. The van der Waals surface area contributed by atoms with E-state index >= 15 is 4.39 Å². The van der Waals surface area contributed by atoms with E-state index in [0.717, 1.165) is 5.69 Å². The van der Waals surface area contributed by atoms with Gasteiger partial charge in [-0.2, -0.15) is 5.10 Å². The Morgan fingerprint density at radius 3 is 2.43 bits per heavy atom. The minimum absolute atomic E-state index is 0.247. The summed E-state index contributed by atoms with van der Waals surface area (Å²) >= 11 is 5.98. The first-order chi connectivity index (χ1) is 13.9. The summed E-state index contributed by atoms with van der Waals surface area (Å²) in [6, 6.07) is 6.26. The highest BCUT2D eigenvalue weighted by atomic mass is 35.5. The highest BCUT2D eigenvalue weighted by molar-refractivity contribution is 6.30. The number of halogens is 2. The number of aliphatic carboxylic acids is 1. The van der Waals surface area contributed by atoms with Gasteiger partial charge in [0.25, 0.3) is 0 Å². The van der Waals surface area contributed by atoms with Crippen LogP contribution in [0.25, 0.3) is 16.9 Å². The second-order valence-corrected chi connectivity index (χ2v) is 9.42. The smallest absolute Gasteiger partial charge is 0.313 e. The molecular formula is C23H27ClFN3O2. The van der Waals surface area contributed by atoms with Gasteiger partial charge >= 0.3 is 5.97 Å². The van der Waals surface area contributed by atoms with Gasteiger partial charge < -0.3 is 5.11 Å². The molecule has 0 fully saturated rings. The maximum atomic E-state index is 15.1. The van der Waals surface area contributed by atoms with Gasteiger partial charge in [0.15, 0.2) is 5.65 Å². The van der Waals surface area contributed by atoms with E-state index in [1.807, 2.05) is 33.8 Å². The summed E-state index contributed by atoms with van der Waals surface area (Å²) in [6.45, 7) is 11.5. The van der Waals surface area contributed by atoms with Crippen LogP contribution < -0.4 is 0 Å². The standard InChI is InChI=1S/C23H27ClFN3O2/c1-7-10-23(6,21(29)30)19-13(2)26-18-12-17(22(3,4)5)27-28(18)20(19)15-9-8-14(24)11-16(15)25/h8-9,11-12H,7,10H2,1-6H3,(H,29,30). The molecule has 160 valence electrons. The minimum Gasteiger partial charge on any atom is -0.481 e. The molecule has 3 aromatic rings. The fraction of sp³-hybridized carbons (Fsp3) is 0.435. The van der Waals surface area contributed by atoms with Gasteiger partial charge in [0.2, 0.25) is 0 Å². The van der Waals surface area contributed by atoms with Crippen LogP contribution in [0, 0.1) is 12.7 Å². The Morgan fingerprint density at radius 2 is 1.90 bits per heavy atom. The SMILES string of the molecule is CCCC(C)(C(=O)O)c1c(C)nc2cc(C(C)(C)C)nn2c1-c1ccc(Cl)cc1F. The molecule has 5 nitrogen and oxygen atoms in total. The monoisotopic (exact) mass is 431 g/mol. The van der Waals surface area contributed by atoms with Gasteiger partial charge in [0.1, 0.15) is 5.82 Å². The molecule has 0 bridgehead atoms. The van der Waals surface area contributed by atoms with E-state index in [9.17, 15) is 9.90 Å². The van der Waals surface area contributed by atoms with Crippen molar-refractivity contribution in [1.82, 2.24) is 14.6 Å². The highest BCUT2D eigenvalue weighted by Gasteiger charge is 2.40. The van der Waals surface area contributed by atoms with Crippen LogP contribution in [0.5, 0.6) is 0 Å². The Bertz CT molecular complexity index is 1130. The molecule has 3 rings (SSSR count). The van der Waals surface area contributed by atoms with Crippen molar-refractivity contribution < 1.29 is 14.3 Å². The largest absolute Gasteiger partial charge is 0.481 e. The number of fused-ring (bicyclic) bond motifs is 1. The zero-order chi connectivity index (χ0) is 22.4. The summed E-state index contributed by atoms with van der Waals surface area (Å²) in [6.07, 6.45) is 1.03. The lowest BCUT2D eigenvalue weighted by molar-refractivity contribution is -0.143. The molecule has 0 spiro atoms. The molecule has 1 N–H and O–H groups in total. The Morgan fingerprint density at radius 1 is 1.23 bits per heavy atom. The molecule has 0 saturated heterocycles. The number of nitrogens with zero attached hydrogens (tertiary/aromatic N) is 3. The van der Waals surface area contributed by atoms with Crippen molar-refractivity contribution in [3.8, 4) is 11.3 Å². The van der Waals surface area contributed by atoms with Gasteiger partial charge in [-0.15, -0.1) is 0 Å². The molecule has 1 aromatic carbocycles. The third-order valence-corrected chi connectivity index (χ3v) is 5.75. The normalized spacial score (nSPS) is 14.1. The van der Waals surface area contributed by atoms with Crippen LogP contribution in [0.4, 0.5) is 4.39 Å². The van der Waals surface area contributed by atoms with E-state index in [4.69, 9.17) is 16.7 Å². The number of carboxylic acids is 1. The molecule has 2 heterocycles. The van der Waals surface area contributed by atoms with Gasteiger partial charge in [-0.25, -0.2) is 13.9 Å². The summed E-state index contributed by atoms with van der Waals surface area (Å²) in [4.78, 5) is 17.1. The van der Waals surface area contributed by atoms with Crippen LogP contribution in [-0.2, 0) is 15.6 Å². The Labute approximate surface area is 180 Å². The average Bonchev–Trinajstić information content (AvgIpc) is 3.05. The van der Waals surface area contributed by atoms with Crippen LogP contribution in [0.1, 0.15) is 64.4 Å². The molecule has 0 aliphatic carbocycles. The number of carbonyl (C=O) groups is 1. The van der Waals surface area contributed by atoms with E-state index in [0.29, 0.717) is 35.4 Å². The number of aromatic nitrogens is 3. The number of aryl methyl sites for hydroxylation is 1. The molecule has 2 aromatic heterocycles. The van der Waals surface area contributed by atoms with Gasteiger partial charge in [0, 0.05) is 33.3 Å². The summed E-state index contributed by atoms with van der Waals surface area (Å²) in [7, 11) is 0. The van der Waals surface area contributed by atoms with Gasteiger partial charge in [-0.05, 0) is 38.5 Å². The lowest BCUT2D eigenvalue weighted by Crippen LogP contribution is -2.35. The fourth-order valence-electron chi connectivity index (χ4n) is 3.92. The van der Waals surface area contributed by atoms with E-state index in [2.05, 4.69) is 4.98 Å². The quantitative estimate of drug-likeness (QED) is 0.543. The number of hydrogen-bond donors (Lipinski definition) is 1. The second-order valence-electron chi connectivity index (χ2n) is 8.98. The van der Waals surface area contributed by atoms with Crippen molar-refractivity contribution in [2.24, 2.45) is 0 Å². The zero-order valence-corrected chi connectivity index (χ0v) is 18.9. The molecule has 0 aliphatic rings. The first kappa shape index (κ1) is 22.2. The van der Waals surface area contributed by atoms with Crippen LogP contribution in [0.3, 0.4) is 0 Å². The van der Waals surface area contributed by atoms with E-state index in [-0.39, 0.29) is 16.0 Å². The highest BCUT2D eigenvalue weighted by Crippen LogP contribution is 2.40. The molecule has 0 saturated carbocycles. The maximum absolute atomic E-state index is 15.1. The van der Waals surface area contributed by atoms with Gasteiger partial charge in [0.05, 0.1) is 16.8 Å². The van der Waals surface area contributed by atoms with Crippen molar-refractivity contribution in [3.63, 3.8) is 0 Å². The third-order valence-electron chi connectivity index (χ3n) is 5.51. The molecular weight excluding hydrogens is 405 g/mol. The molecule has 0 amide bonds. The van der Waals surface area contributed by atoms with Crippen LogP contribution in [0.2, 0.25) is 5.02 Å². The van der Waals surface area contributed by atoms with Crippen LogP contribution in [-0.4, -0.2) is 25.7 Å². The molecule has 0 radical (unpaired) electrons. The summed E-state index contributed by atoms with van der Waals surface area (Å²) < 4.78 is 16.7. The summed E-state index contributed by atoms with van der Waals surface area (Å²) in [5, 5.41) is 15.1. The minimum atomic E-state index is -1.25.